The zero-order valence-corrected chi connectivity index (χ0v) is 17.1. The third-order valence-corrected chi connectivity index (χ3v) is 6.31. The Labute approximate surface area is 172 Å². The molecule has 0 bridgehead atoms. The molecule has 0 atom stereocenters. The van der Waals surface area contributed by atoms with E-state index in [0.29, 0.717) is 6.61 Å². The van der Waals surface area contributed by atoms with Gasteiger partial charge in [-0.3, -0.25) is 9.10 Å². The van der Waals surface area contributed by atoms with Gasteiger partial charge in [0.25, 0.3) is 0 Å². The molecule has 5 rings (SSSR count). The van der Waals surface area contributed by atoms with Crippen LogP contribution in [0.3, 0.4) is 0 Å². The number of nitrogens with one attached hydrogen (secondary N) is 1. The molecular weight excluding hydrogens is 386 g/mol. The number of hydrogen-bond donors (Lipinski definition) is 1. The Morgan fingerprint density at radius 3 is 2.90 bits per heavy atom. The smallest absolute Gasteiger partial charge is 0.248 e. The summed E-state index contributed by atoms with van der Waals surface area (Å²) in [6.45, 7) is 5.60. The molecule has 8 heteroatoms. The molecule has 0 saturated carbocycles. The number of aromatic nitrogens is 4. The lowest BCUT2D eigenvalue weighted by molar-refractivity contribution is 0.326. The highest BCUT2D eigenvalue weighted by molar-refractivity contribution is 8.04. The normalized spacial score (nSPS) is 15.9. The third-order valence-electron chi connectivity index (χ3n) is 5.13. The van der Waals surface area contributed by atoms with E-state index in [1.807, 2.05) is 16.8 Å². The maximum absolute atomic E-state index is 11.7. The van der Waals surface area contributed by atoms with Gasteiger partial charge in [-0.05, 0) is 54.6 Å². The number of nitrogens with zero attached hydrogens (tertiary/aromatic N) is 4. The van der Waals surface area contributed by atoms with Crippen LogP contribution in [-0.2, 0) is 0 Å². The molecule has 2 aromatic heterocycles. The minimum absolute atomic E-state index is 0.111. The zero-order valence-electron chi connectivity index (χ0n) is 16.3. The van der Waals surface area contributed by atoms with E-state index in [1.54, 1.807) is 30.5 Å². The van der Waals surface area contributed by atoms with Crippen LogP contribution in [-0.4, -0.2) is 32.9 Å². The number of ether oxygens (including phenoxy) is 1. The molecular formula is C21H21N5O2S. The Morgan fingerprint density at radius 2 is 2.07 bits per heavy atom. The number of benzene rings is 1. The molecule has 2 aliphatic rings. The Bertz CT molecular complexity index is 1160. The molecule has 0 unspecified atom stereocenters. The topological polar surface area (TPSA) is 76.0 Å². The van der Waals surface area contributed by atoms with Gasteiger partial charge in [-0.15, -0.1) is 0 Å². The van der Waals surface area contributed by atoms with Crippen LogP contribution < -0.4 is 14.6 Å². The maximum atomic E-state index is 11.7. The van der Waals surface area contributed by atoms with E-state index >= 15 is 0 Å². The average Bonchev–Trinajstić information content (AvgIpc) is 3.32. The summed E-state index contributed by atoms with van der Waals surface area (Å²) >= 11 is 1.73. The van der Waals surface area contributed by atoms with E-state index in [4.69, 9.17) is 4.74 Å². The number of H-pyrrole nitrogens is 1. The molecule has 0 aliphatic carbocycles. The van der Waals surface area contributed by atoms with E-state index < -0.39 is 0 Å². The predicted octanol–water partition coefficient (Wildman–Crippen LogP) is 3.88. The first-order valence-electron chi connectivity index (χ1n) is 9.63. The Kier molecular flexibility index (Phi) is 4.43. The Hall–Kier alpha value is -3.00. The van der Waals surface area contributed by atoms with Gasteiger partial charge in [0.05, 0.1) is 19.2 Å². The van der Waals surface area contributed by atoms with Crippen molar-refractivity contribution in [1.29, 1.82) is 0 Å². The van der Waals surface area contributed by atoms with E-state index in [2.05, 4.69) is 45.4 Å². The monoisotopic (exact) mass is 407 g/mol. The van der Waals surface area contributed by atoms with Crippen LogP contribution in [0.25, 0.3) is 16.7 Å². The van der Waals surface area contributed by atoms with Crippen LogP contribution in [0.5, 0.6) is 5.75 Å². The number of rotatable bonds is 3. The van der Waals surface area contributed by atoms with Crippen molar-refractivity contribution in [1.82, 2.24) is 19.7 Å². The first kappa shape index (κ1) is 18.1. The highest BCUT2D eigenvalue weighted by atomic mass is 32.2. The van der Waals surface area contributed by atoms with Crippen molar-refractivity contribution in [2.24, 2.45) is 0 Å². The molecule has 1 aromatic carbocycles. The molecule has 2 aliphatic heterocycles. The summed E-state index contributed by atoms with van der Waals surface area (Å²) in [4.78, 5) is 20.1. The van der Waals surface area contributed by atoms with Crippen LogP contribution in [0, 0.1) is 0 Å². The lowest BCUT2D eigenvalue weighted by Crippen LogP contribution is -2.19. The van der Waals surface area contributed by atoms with Gasteiger partial charge in [0.1, 0.15) is 12.1 Å². The summed E-state index contributed by atoms with van der Waals surface area (Å²) in [5, 5.41) is 4.37. The first-order chi connectivity index (χ1) is 14.1. The molecule has 29 heavy (non-hydrogen) atoms. The summed E-state index contributed by atoms with van der Waals surface area (Å²) < 4.78 is 10.2. The fourth-order valence-electron chi connectivity index (χ4n) is 3.73. The van der Waals surface area contributed by atoms with E-state index in [9.17, 15) is 4.79 Å². The van der Waals surface area contributed by atoms with Gasteiger partial charge < -0.3 is 9.72 Å². The summed E-state index contributed by atoms with van der Waals surface area (Å²) in [7, 11) is 0. The Balaban J connectivity index is 1.49. The number of aromatic amines is 1. The van der Waals surface area contributed by atoms with E-state index in [-0.39, 0.29) is 11.6 Å². The van der Waals surface area contributed by atoms with Gasteiger partial charge in [0.2, 0.25) is 11.5 Å². The van der Waals surface area contributed by atoms with Crippen molar-refractivity contribution in [3.05, 3.63) is 63.7 Å². The minimum atomic E-state index is -0.111. The van der Waals surface area contributed by atoms with Gasteiger partial charge in [0.15, 0.2) is 0 Å². The van der Waals surface area contributed by atoms with Gasteiger partial charge in [-0.2, -0.15) is 10.1 Å². The zero-order chi connectivity index (χ0) is 20.0. The maximum Gasteiger partial charge on any atom is 0.248 e. The molecule has 0 amide bonds. The third kappa shape index (κ3) is 3.23. The molecule has 0 radical (unpaired) electrons. The summed E-state index contributed by atoms with van der Waals surface area (Å²) in [6.07, 6.45) is 4.15. The number of hydrogen-bond acceptors (Lipinski definition) is 6. The van der Waals surface area contributed by atoms with Gasteiger partial charge in [0, 0.05) is 29.2 Å². The molecule has 3 aromatic rings. The molecule has 148 valence electrons. The highest BCUT2D eigenvalue weighted by Gasteiger charge is 2.31. The van der Waals surface area contributed by atoms with Gasteiger partial charge >= 0.3 is 0 Å². The van der Waals surface area contributed by atoms with Crippen molar-refractivity contribution in [3.63, 3.8) is 0 Å². The summed E-state index contributed by atoms with van der Waals surface area (Å²) in [5.74, 6) is 1.74. The SMILES string of the molecule is CC(C)n1ncnc1N1CC2=C(CCOc3cc(-c4cc[nH]c(=O)c4)ccc32)S1. The second-order valence-electron chi connectivity index (χ2n) is 7.38. The van der Waals surface area contributed by atoms with Gasteiger partial charge in [-0.25, -0.2) is 4.68 Å². The van der Waals surface area contributed by atoms with Crippen molar-refractivity contribution in [3.8, 4) is 16.9 Å². The van der Waals surface area contributed by atoms with Crippen molar-refractivity contribution in [2.75, 3.05) is 17.5 Å². The van der Waals surface area contributed by atoms with Crippen LogP contribution in [0.1, 0.15) is 31.9 Å². The standard InChI is InChI=1S/C21H21N5O2S/c1-13(2)26-21(23-12-24-26)25-11-17-16-4-3-14(15-5-7-22-20(27)10-15)9-18(16)28-8-6-19(17)29-25/h3-5,7,9-10,12-13H,6,8,11H2,1-2H3,(H,22,27). The van der Waals surface area contributed by atoms with Crippen LogP contribution in [0.2, 0.25) is 0 Å². The molecule has 7 nitrogen and oxygen atoms in total. The van der Waals surface area contributed by atoms with E-state index in [1.165, 1.54) is 10.5 Å². The fraction of sp³-hybridized carbons (Fsp3) is 0.286. The quantitative estimate of drug-likeness (QED) is 0.664. The van der Waals surface area contributed by atoms with Crippen LogP contribution in [0.15, 0.2) is 52.6 Å². The summed E-state index contributed by atoms with van der Waals surface area (Å²) in [6, 6.07) is 9.94. The summed E-state index contributed by atoms with van der Waals surface area (Å²) in [5.41, 5.74) is 4.13. The largest absolute Gasteiger partial charge is 0.493 e. The van der Waals surface area contributed by atoms with Crippen molar-refractivity contribution < 1.29 is 4.74 Å². The fourth-order valence-corrected chi connectivity index (χ4v) is 4.86. The molecule has 0 fully saturated rings. The van der Waals surface area contributed by atoms with Crippen molar-refractivity contribution in [2.45, 2.75) is 26.3 Å². The van der Waals surface area contributed by atoms with Crippen LogP contribution >= 0.6 is 11.9 Å². The second kappa shape index (κ2) is 7.11. The second-order valence-corrected chi connectivity index (χ2v) is 8.50. The average molecular weight is 407 g/mol. The number of anilines is 1. The molecule has 0 saturated heterocycles. The van der Waals surface area contributed by atoms with Gasteiger partial charge in [-0.1, -0.05) is 12.1 Å². The van der Waals surface area contributed by atoms with E-state index in [0.717, 1.165) is 41.4 Å². The molecule has 0 spiro atoms. The molecule has 4 heterocycles. The number of fused-ring (bicyclic) bond motifs is 2. The number of pyridine rings is 1. The van der Waals surface area contributed by atoms with Crippen LogP contribution in [0.4, 0.5) is 5.95 Å². The van der Waals surface area contributed by atoms with Crippen molar-refractivity contribution >= 4 is 23.5 Å². The first-order valence-corrected chi connectivity index (χ1v) is 10.4. The predicted molar refractivity (Wildman–Crippen MR) is 115 cm³/mol. The Morgan fingerprint density at radius 1 is 1.21 bits per heavy atom. The highest BCUT2D eigenvalue weighted by Crippen LogP contribution is 2.46. The lowest BCUT2D eigenvalue weighted by atomic mass is 9.99. The lowest BCUT2D eigenvalue weighted by Gasteiger charge is -2.20. The minimum Gasteiger partial charge on any atom is -0.493 e. The molecule has 1 N–H and O–H groups in total.